The van der Waals surface area contributed by atoms with E-state index in [2.05, 4.69) is 10.2 Å². The summed E-state index contributed by atoms with van der Waals surface area (Å²) in [5, 5.41) is 9.84. The number of primary amides is 1. The van der Waals surface area contributed by atoms with Crippen LogP contribution in [-0.2, 0) is 4.79 Å². The summed E-state index contributed by atoms with van der Waals surface area (Å²) in [5.41, 5.74) is 4.89. The fourth-order valence-electron chi connectivity index (χ4n) is 2.21. The van der Waals surface area contributed by atoms with Gasteiger partial charge in [-0.1, -0.05) is 31.0 Å². The van der Waals surface area contributed by atoms with Crippen molar-refractivity contribution in [3.05, 3.63) is 5.89 Å². The Morgan fingerprint density at radius 2 is 2.05 bits per heavy atom. The number of nitrogens with two attached hydrogens (primary N) is 1. The minimum atomic E-state index is -0.865. The van der Waals surface area contributed by atoms with E-state index < -0.39 is 17.2 Å². The number of urea groups is 1. The molecule has 0 saturated heterocycles. The Balaban J connectivity index is 1.91. The van der Waals surface area contributed by atoms with Crippen molar-refractivity contribution in [2.45, 2.75) is 55.4 Å². The van der Waals surface area contributed by atoms with Crippen LogP contribution in [0.1, 0.15) is 50.8 Å². The molecule has 8 heteroatoms. The van der Waals surface area contributed by atoms with E-state index in [4.69, 9.17) is 10.2 Å². The van der Waals surface area contributed by atoms with E-state index in [-0.39, 0.29) is 0 Å². The molecule has 1 aromatic heterocycles. The number of amides is 3. The molecule has 0 aliphatic heterocycles. The summed E-state index contributed by atoms with van der Waals surface area (Å²) in [5.74, 6) is 0.509. The van der Waals surface area contributed by atoms with Crippen molar-refractivity contribution in [3.8, 4) is 0 Å². The third-order valence-corrected chi connectivity index (χ3v) is 4.20. The predicted molar refractivity (Wildman–Crippen MR) is 73.2 cm³/mol. The molecule has 0 aromatic carbocycles. The zero-order chi connectivity index (χ0) is 14.5. The highest BCUT2D eigenvalue weighted by Gasteiger charge is 2.23. The van der Waals surface area contributed by atoms with E-state index in [9.17, 15) is 9.59 Å². The Kier molecular flexibility index (Phi) is 4.99. The van der Waals surface area contributed by atoms with Crippen LogP contribution < -0.4 is 11.1 Å². The molecule has 110 valence electrons. The fraction of sp³-hybridized carbons (Fsp3) is 0.667. The van der Waals surface area contributed by atoms with Gasteiger partial charge in [0.2, 0.25) is 11.8 Å². The topological polar surface area (TPSA) is 111 Å². The van der Waals surface area contributed by atoms with Gasteiger partial charge in [0.15, 0.2) is 0 Å². The minimum absolute atomic E-state index is 0.334. The van der Waals surface area contributed by atoms with Crippen LogP contribution in [0.15, 0.2) is 9.64 Å². The lowest BCUT2D eigenvalue weighted by Gasteiger charge is -2.17. The quantitative estimate of drug-likeness (QED) is 0.820. The molecular formula is C12H18N4O3S. The number of carbonyl (C=O) groups excluding carboxylic acids is 2. The second-order valence-electron chi connectivity index (χ2n) is 4.85. The van der Waals surface area contributed by atoms with Gasteiger partial charge in [-0.15, -0.1) is 10.2 Å². The molecule has 7 nitrogen and oxygen atoms in total. The minimum Gasteiger partial charge on any atom is -0.416 e. The van der Waals surface area contributed by atoms with Crippen LogP contribution in [0.5, 0.6) is 0 Å². The second-order valence-corrected chi connectivity index (χ2v) is 6.15. The maximum Gasteiger partial charge on any atom is 0.318 e. The molecule has 1 unspecified atom stereocenters. The normalized spacial score (nSPS) is 17.6. The van der Waals surface area contributed by atoms with E-state index in [0.29, 0.717) is 17.0 Å². The first-order chi connectivity index (χ1) is 9.56. The van der Waals surface area contributed by atoms with Gasteiger partial charge < -0.3 is 10.2 Å². The molecule has 3 amide bonds. The smallest absolute Gasteiger partial charge is 0.318 e. The number of carbonyl (C=O) groups is 2. The van der Waals surface area contributed by atoms with Gasteiger partial charge >= 0.3 is 6.03 Å². The average molecular weight is 298 g/mol. The number of nitrogens with one attached hydrogen (secondary N) is 1. The Hall–Kier alpha value is -1.57. The highest BCUT2D eigenvalue weighted by Crippen LogP contribution is 2.33. The van der Waals surface area contributed by atoms with Crippen LogP contribution in [0.25, 0.3) is 0 Å². The number of rotatable bonds is 4. The second kappa shape index (κ2) is 6.74. The molecule has 1 atom stereocenters. The van der Waals surface area contributed by atoms with Gasteiger partial charge in [0.1, 0.15) is 0 Å². The number of hydrogen-bond acceptors (Lipinski definition) is 6. The van der Waals surface area contributed by atoms with Gasteiger partial charge in [-0.2, -0.15) is 0 Å². The molecule has 1 saturated carbocycles. The summed E-state index contributed by atoms with van der Waals surface area (Å²) >= 11 is 1.12. The maximum absolute atomic E-state index is 11.5. The third kappa shape index (κ3) is 3.96. The van der Waals surface area contributed by atoms with Crippen LogP contribution in [0.2, 0.25) is 0 Å². The lowest BCUT2D eigenvalue weighted by molar-refractivity contribution is -0.119. The highest BCUT2D eigenvalue weighted by molar-refractivity contribution is 8.00. The van der Waals surface area contributed by atoms with Crippen molar-refractivity contribution in [3.63, 3.8) is 0 Å². The van der Waals surface area contributed by atoms with Crippen molar-refractivity contribution in [2.75, 3.05) is 0 Å². The highest BCUT2D eigenvalue weighted by atomic mass is 32.2. The first kappa shape index (κ1) is 14.8. The zero-order valence-electron chi connectivity index (χ0n) is 11.3. The summed E-state index contributed by atoms with van der Waals surface area (Å²) in [7, 11) is 0. The van der Waals surface area contributed by atoms with E-state index in [1.807, 2.05) is 5.32 Å². The van der Waals surface area contributed by atoms with E-state index in [1.165, 1.54) is 19.3 Å². The molecule has 1 fully saturated rings. The molecule has 1 aromatic rings. The van der Waals surface area contributed by atoms with Gasteiger partial charge in [-0.25, -0.2) is 4.79 Å². The number of imide groups is 1. The van der Waals surface area contributed by atoms with Crippen LogP contribution >= 0.6 is 11.8 Å². The van der Waals surface area contributed by atoms with Gasteiger partial charge in [0.05, 0.1) is 5.25 Å². The SMILES string of the molecule is CC(Sc1nnc(C2CCCCC2)o1)C(=O)NC(N)=O. The van der Waals surface area contributed by atoms with Crippen molar-refractivity contribution in [2.24, 2.45) is 5.73 Å². The summed E-state index contributed by atoms with van der Waals surface area (Å²) in [6.07, 6.45) is 5.78. The largest absolute Gasteiger partial charge is 0.416 e. The van der Waals surface area contributed by atoms with Crippen LogP contribution in [0.4, 0.5) is 4.79 Å². The third-order valence-electron chi connectivity index (χ3n) is 3.27. The molecule has 0 bridgehead atoms. The van der Waals surface area contributed by atoms with Gasteiger partial charge in [0, 0.05) is 5.92 Å². The summed E-state index contributed by atoms with van der Waals surface area (Å²) in [6.45, 7) is 1.65. The van der Waals surface area contributed by atoms with Crippen LogP contribution in [-0.4, -0.2) is 27.4 Å². The molecule has 2 rings (SSSR count). The monoisotopic (exact) mass is 298 g/mol. The summed E-state index contributed by atoms with van der Waals surface area (Å²) < 4.78 is 5.59. The molecule has 1 aliphatic rings. The molecule has 20 heavy (non-hydrogen) atoms. The fourth-order valence-corrected chi connectivity index (χ4v) is 2.90. The predicted octanol–water partition coefficient (Wildman–Crippen LogP) is 1.79. The standard InChI is InChI=1S/C12H18N4O3S/c1-7(9(17)14-11(13)18)20-12-16-15-10(19-12)8-5-3-2-4-6-8/h7-8H,2-6H2,1H3,(H3,13,14,17,18). The first-order valence-electron chi connectivity index (χ1n) is 6.66. The van der Waals surface area contributed by atoms with Crippen molar-refractivity contribution >= 4 is 23.7 Å². The van der Waals surface area contributed by atoms with Crippen LogP contribution in [0, 0.1) is 0 Å². The van der Waals surface area contributed by atoms with Gasteiger partial charge in [-0.3, -0.25) is 10.1 Å². The Morgan fingerprint density at radius 3 is 2.70 bits per heavy atom. The van der Waals surface area contributed by atoms with Gasteiger partial charge in [0.25, 0.3) is 5.22 Å². The number of thioether (sulfide) groups is 1. The van der Waals surface area contributed by atoms with Gasteiger partial charge in [-0.05, 0) is 19.8 Å². The first-order valence-corrected chi connectivity index (χ1v) is 7.54. The van der Waals surface area contributed by atoms with Crippen LogP contribution in [0.3, 0.4) is 0 Å². The van der Waals surface area contributed by atoms with Crippen molar-refractivity contribution in [1.82, 2.24) is 15.5 Å². The molecule has 0 spiro atoms. The molecule has 1 heterocycles. The molecule has 1 aliphatic carbocycles. The Bertz CT molecular complexity index is 485. The van der Waals surface area contributed by atoms with E-state index in [1.54, 1.807) is 6.92 Å². The Morgan fingerprint density at radius 1 is 1.35 bits per heavy atom. The lowest BCUT2D eigenvalue weighted by atomic mass is 9.89. The summed E-state index contributed by atoms with van der Waals surface area (Å²) in [6, 6.07) is -0.865. The number of nitrogens with zero attached hydrogens (tertiary/aromatic N) is 2. The number of hydrogen-bond donors (Lipinski definition) is 2. The van der Waals surface area contributed by atoms with Crippen molar-refractivity contribution < 1.29 is 14.0 Å². The number of aromatic nitrogens is 2. The van der Waals surface area contributed by atoms with Crippen molar-refractivity contribution in [1.29, 1.82) is 0 Å². The van der Waals surface area contributed by atoms with E-state index in [0.717, 1.165) is 24.6 Å². The maximum atomic E-state index is 11.5. The molecule has 3 N–H and O–H groups in total. The Labute approximate surface area is 121 Å². The average Bonchev–Trinajstić information content (AvgIpc) is 2.87. The zero-order valence-corrected chi connectivity index (χ0v) is 12.1. The lowest BCUT2D eigenvalue weighted by Crippen LogP contribution is -2.39. The molecule has 0 radical (unpaired) electrons. The molecular weight excluding hydrogens is 280 g/mol. The van der Waals surface area contributed by atoms with E-state index >= 15 is 0 Å². The summed E-state index contributed by atoms with van der Waals surface area (Å²) in [4.78, 5) is 22.2.